The number of rotatable bonds is 5. The molecule has 0 aromatic carbocycles. The molecule has 1 rings (SSSR count). The number of pyridine rings is 1. The lowest BCUT2D eigenvalue weighted by molar-refractivity contribution is 0.0697. The van der Waals surface area contributed by atoms with E-state index < -0.39 is 5.97 Å². The lowest BCUT2D eigenvalue weighted by atomic mass is 10.1. The van der Waals surface area contributed by atoms with Crippen LogP contribution in [-0.2, 0) is 0 Å². The molecule has 0 aliphatic rings. The van der Waals surface area contributed by atoms with Gasteiger partial charge in [0.05, 0.1) is 5.69 Å². The maximum Gasteiger partial charge on any atom is 0.339 e. The molecule has 0 fully saturated rings. The fraction of sp³-hybridized carbons (Fsp3) is 0.500. The highest BCUT2D eigenvalue weighted by atomic mass is 16.4. The summed E-state index contributed by atoms with van der Waals surface area (Å²) in [7, 11) is 1.91. The highest BCUT2D eigenvalue weighted by Crippen LogP contribution is 2.18. The first-order chi connectivity index (χ1) is 7.52. The van der Waals surface area contributed by atoms with Crippen molar-refractivity contribution in [1.82, 2.24) is 4.98 Å². The lowest BCUT2D eigenvalue weighted by Gasteiger charge is -2.21. The van der Waals surface area contributed by atoms with Crippen LogP contribution < -0.4 is 4.90 Å². The number of hydrogen-bond acceptors (Lipinski definition) is 3. The molecule has 88 valence electrons. The molecule has 0 aliphatic heterocycles. The molecule has 1 aromatic heterocycles. The van der Waals surface area contributed by atoms with Crippen LogP contribution in [-0.4, -0.2) is 29.7 Å². The van der Waals surface area contributed by atoms with Crippen molar-refractivity contribution in [2.24, 2.45) is 5.92 Å². The number of anilines is 1. The summed E-state index contributed by atoms with van der Waals surface area (Å²) in [6.07, 6.45) is 4.05. The molecule has 0 bridgehead atoms. The average molecular weight is 222 g/mol. The zero-order valence-electron chi connectivity index (χ0n) is 9.97. The maximum atomic E-state index is 11.0. The second-order valence-corrected chi connectivity index (χ2v) is 4.30. The molecule has 1 aromatic rings. The van der Waals surface area contributed by atoms with Crippen molar-refractivity contribution in [2.45, 2.75) is 20.3 Å². The van der Waals surface area contributed by atoms with E-state index >= 15 is 0 Å². The molecule has 4 heteroatoms. The van der Waals surface area contributed by atoms with Gasteiger partial charge < -0.3 is 10.0 Å². The number of hydrogen-bond donors (Lipinski definition) is 1. The van der Waals surface area contributed by atoms with E-state index in [0.717, 1.165) is 18.7 Å². The van der Waals surface area contributed by atoms with Crippen molar-refractivity contribution in [3.63, 3.8) is 0 Å². The molecule has 0 spiro atoms. The van der Waals surface area contributed by atoms with Crippen LogP contribution in [0.2, 0.25) is 0 Å². The Labute approximate surface area is 95.9 Å². The predicted molar refractivity (Wildman–Crippen MR) is 63.9 cm³/mol. The van der Waals surface area contributed by atoms with Crippen LogP contribution in [0.3, 0.4) is 0 Å². The number of carboxylic acid groups (broad SMARTS) is 1. The molecule has 0 saturated carbocycles. The first-order valence-electron chi connectivity index (χ1n) is 5.40. The summed E-state index contributed by atoms with van der Waals surface area (Å²) in [5.74, 6) is -0.322. The van der Waals surface area contributed by atoms with Crippen LogP contribution in [0, 0.1) is 5.92 Å². The van der Waals surface area contributed by atoms with Gasteiger partial charge in [0.15, 0.2) is 0 Å². The highest BCUT2D eigenvalue weighted by Gasteiger charge is 2.13. The van der Waals surface area contributed by atoms with Crippen LogP contribution in [0.1, 0.15) is 30.6 Å². The Balaban J connectivity index is 2.82. The second-order valence-electron chi connectivity index (χ2n) is 4.30. The molecule has 0 aliphatic carbocycles. The molecular weight excluding hydrogens is 204 g/mol. The van der Waals surface area contributed by atoms with Crippen LogP contribution in [0.25, 0.3) is 0 Å². The number of carbonyl (C=O) groups is 1. The van der Waals surface area contributed by atoms with E-state index in [0.29, 0.717) is 5.92 Å². The topological polar surface area (TPSA) is 53.4 Å². The summed E-state index contributed by atoms with van der Waals surface area (Å²) in [4.78, 5) is 16.8. The van der Waals surface area contributed by atoms with E-state index in [2.05, 4.69) is 18.8 Å². The van der Waals surface area contributed by atoms with Gasteiger partial charge in [0.1, 0.15) is 5.56 Å². The molecule has 0 amide bonds. The predicted octanol–water partition coefficient (Wildman–Crippen LogP) is 2.26. The van der Waals surface area contributed by atoms with Crippen LogP contribution >= 0.6 is 0 Å². The van der Waals surface area contributed by atoms with E-state index in [1.165, 1.54) is 6.20 Å². The van der Waals surface area contributed by atoms with Crippen molar-refractivity contribution >= 4 is 11.7 Å². The van der Waals surface area contributed by atoms with Crippen molar-refractivity contribution < 1.29 is 9.90 Å². The Hall–Kier alpha value is -1.58. The van der Waals surface area contributed by atoms with E-state index in [9.17, 15) is 4.79 Å². The molecule has 0 radical (unpaired) electrons. The summed E-state index contributed by atoms with van der Waals surface area (Å²) >= 11 is 0. The Morgan fingerprint density at radius 3 is 2.81 bits per heavy atom. The molecule has 16 heavy (non-hydrogen) atoms. The third-order valence-electron chi connectivity index (χ3n) is 2.48. The standard InChI is InChI=1S/C12H18N2O2/c1-9(2)5-7-14(3)11-4-6-13-8-10(11)12(15)16/h4,6,8-9H,5,7H2,1-3H3,(H,15,16). The van der Waals surface area contributed by atoms with Gasteiger partial charge in [-0.2, -0.15) is 0 Å². The molecule has 1 N–H and O–H groups in total. The number of aromatic nitrogens is 1. The van der Waals surface area contributed by atoms with Crippen molar-refractivity contribution in [2.75, 3.05) is 18.5 Å². The molecule has 4 nitrogen and oxygen atoms in total. The van der Waals surface area contributed by atoms with E-state index in [-0.39, 0.29) is 5.56 Å². The van der Waals surface area contributed by atoms with Crippen molar-refractivity contribution in [3.8, 4) is 0 Å². The Bertz CT molecular complexity index is 364. The van der Waals surface area contributed by atoms with Gasteiger partial charge in [0, 0.05) is 26.0 Å². The van der Waals surface area contributed by atoms with E-state index in [4.69, 9.17) is 5.11 Å². The second kappa shape index (κ2) is 5.49. The molecule has 1 heterocycles. The summed E-state index contributed by atoms with van der Waals surface area (Å²) < 4.78 is 0. The van der Waals surface area contributed by atoms with Gasteiger partial charge in [-0.25, -0.2) is 4.79 Å². The van der Waals surface area contributed by atoms with E-state index in [1.54, 1.807) is 12.3 Å². The lowest BCUT2D eigenvalue weighted by Crippen LogP contribution is -2.22. The molecule has 0 saturated heterocycles. The van der Waals surface area contributed by atoms with Crippen LogP contribution in [0.15, 0.2) is 18.5 Å². The monoisotopic (exact) mass is 222 g/mol. The Morgan fingerprint density at radius 1 is 1.56 bits per heavy atom. The fourth-order valence-corrected chi connectivity index (χ4v) is 1.46. The van der Waals surface area contributed by atoms with Gasteiger partial charge in [-0.3, -0.25) is 4.98 Å². The van der Waals surface area contributed by atoms with Crippen LogP contribution in [0.4, 0.5) is 5.69 Å². The van der Waals surface area contributed by atoms with Gasteiger partial charge in [0.25, 0.3) is 0 Å². The average Bonchev–Trinajstić information content (AvgIpc) is 2.25. The maximum absolute atomic E-state index is 11.0. The first-order valence-corrected chi connectivity index (χ1v) is 5.40. The van der Waals surface area contributed by atoms with Gasteiger partial charge >= 0.3 is 5.97 Å². The minimum atomic E-state index is -0.931. The van der Waals surface area contributed by atoms with Gasteiger partial charge in [-0.15, -0.1) is 0 Å². The number of nitrogens with zero attached hydrogens (tertiary/aromatic N) is 2. The quantitative estimate of drug-likeness (QED) is 0.830. The number of aromatic carboxylic acids is 1. The largest absolute Gasteiger partial charge is 0.478 e. The molecule has 0 unspecified atom stereocenters. The van der Waals surface area contributed by atoms with Crippen LogP contribution in [0.5, 0.6) is 0 Å². The minimum absolute atomic E-state index is 0.258. The summed E-state index contributed by atoms with van der Waals surface area (Å²) in [5.41, 5.74) is 0.983. The minimum Gasteiger partial charge on any atom is -0.478 e. The zero-order chi connectivity index (χ0) is 12.1. The van der Waals surface area contributed by atoms with Crippen molar-refractivity contribution in [1.29, 1.82) is 0 Å². The Morgan fingerprint density at radius 2 is 2.25 bits per heavy atom. The van der Waals surface area contributed by atoms with Gasteiger partial charge in [-0.05, 0) is 18.4 Å². The normalized spacial score (nSPS) is 10.5. The SMILES string of the molecule is CC(C)CCN(C)c1ccncc1C(=O)O. The summed E-state index contributed by atoms with van der Waals surface area (Å²) in [5, 5.41) is 9.03. The number of carboxylic acids is 1. The Kier molecular flexibility index (Phi) is 4.28. The molecule has 0 atom stereocenters. The van der Waals surface area contributed by atoms with E-state index in [1.807, 2.05) is 11.9 Å². The first kappa shape index (κ1) is 12.5. The summed E-state index contributed by atoms with van der Waals surface area (Å²) in [6, 6.07) is 1.74. The van der Waals surface area contributed by atoms with Gasteiger partial charge in [-0.1, -0.05) is 13.8 Å². The molecular formula is C12H18N2O2. The van der Waals surface area contributed by atoms with Gasteiger partial charge in [0.2, 0.25) is 0 Å². The zero-order valence-corrected chi connectivity index (χ0v) is 9.97. The summed E-state index contributed by atoms with van der Waals surface area (Å²) in [6.45, 7) is 5.15. The third-order valence-corrected chi connectivity index (χ3v) is 2.48. The highest BCUT2D eigenvalue weighted by molar-refractivity contribution is 5.93. The third kappa shape index (κ3) is 3.22. The fourth-order valence-electron chi connectivity index (χ4n) is 1.46. The smallest absolute Gasteiger partial charge is 0.339 e. The van der Waals surface area contributed by atoms with Crippen molar-refractivity contribution in [3.05, 3.63) is 24.0 Å².